The zero-order valence-electron chi connectivity index (χ0n) is 11.3. The highest BCUT2D eigenvalue weighted by atomic mass is 32.1. The Labute approximate surface area is 112 Å². The van der Waals surface area contributed by atoms with Gasteiger partial charge < -0.3 is 10.2 Å². The quantitative estimate of drug-likeness (QED) is 0.909. The number of thiazole rings is 1. The third-order valence-electron chi connectivity index (χ3n) is 3.58. The lowest BCUT2D eigenvalue weighted by molar-refractivity contribution is -0.133. The Kier molecular flexibility index (Phi) is 4.02. The highest BCUT2D eigenvalue weighted by molar-refractivity contribution is 7.09. The number of likely N-dealkylation sites (tertiary alicyclic amines) is 1. The molecule has 100 valence electrons. The molecule has 0 aliphatic carbocycles. The molecule has 1 N–H and O–H groups in total. The van der Waals surface area contributed by atoms with Gasteiger partial charge >= 0.3 is 0 Å². The molecule has 0 aromatic carbocycles. The molecule has 1 aromatic heterocycles. The fraction of sp³-hybridized carbons (Fsp3) is 0.692. The van der Waals surface area contributed by atoms with Gasteiger partial charge in [0.1, 0.15) is 5.01 Å². The molecule has 18 heavy (non-hydrogen) atoms. The van der Waals surface area contributed by atoms with Crippen LogP contribution in [0.5, 0.6) is 0 Å². The number of nitrogens with one attached hydrogen (secondary N) is 1. The molecule has 1 atom stereocenters. The molecule has 5 heteroatoms. The Morgan fingerprint density at radius 2 is 2.39 bits per heavy atom. The molecule has 0 bridgehead atoms. The SMILES string of the molecule is CNC1CC(C)(C)CCN(Cc2nccs2)C1=O. The van der Waals surface area contributed by atoms with E-state index in [-0.39, 0.29) is 17.4 Å². The van der Waals surface area contributed by atoms with Crippen molar-refractivity contribution < 1.29 is 4.79 Å². The van der Waals surface area contributed by atoms with Gasteiger partial charge in [0.2, 0.25) is 5.91 Å². The topological polar surface area (TPSA) is 45.2 Å². The van der Waals surface area contributed by atoms with Gasteiger partial charge in [-0.3, -0.25) is 4.79 Å². The number of aromatic nitrogens is 1. The minimum atomic E-state index is -0.0672. The standard InChI is InChI=1S/C13H21N3OS/c1-13(2)4-6-16(9-11-15-5-7-18-11)12(17)10(8-13)14-3/h5,7,10,14H,4,6,8-9H2,1-3H3. The first kappa shape index (κ1) is 13.5. The van der Waals surface area contributed by atoms with Crippen molar-refractivity contribution >= 4 is 17.2 Å². The van der Waals surface area contributed by atoms with E-state index in [2.05, 4.69) is 24.1 Å². The number of likely N-dealkylation sites (N-methyl/N-ethyl adjacent to an activating group) is 1. The predicted molar refractivity (Wildman–Crippen MR) is 73.4 cm³/mol. The zero-order valence-corrected chi connectivity index (χ0v) is 12.1. The summed E-state index contributed by atoms with van der Waals surface area (Å²) in [7, 11) is 1.87. The summed E-state index contributed by atoms with van der Waals surface area (Å²) in [5.41, 5.74) is 0.209. The number of hydrogen-bond donors (Lipinski definition) is 1. The fourth-order valence-electron chi connectivity index (χ4n) is 2.39. The second-order valence-corrected chi connectivity index (χ2v) is 6.62. The summed E-state index contributed by atoms with van der Waals surface area (Å²) in [5.74, 6) is 0.207. The number of nitrogens with zero attached hydrogens (tertiary/aromatic N) is 2. The molecule has 1 fully saturated rings. The van der Waals surface area contributed by atoms with Gasteiger partial charge in [0.15, 0.2) is 0 Å². The van der Waals surface area contributed by atoms with E-state index in [4.69, 9.17) is 0 Å². The molecule has 1 unspecified atom stereocenters. The third-order valence-corrected chi connectivity index (χ3v) is 4.35. The lowest BCUT2D eigenvalue weighted by Gasteiger charge is -2.24. The predicted octanol–water partition coefficient (Wildman–Crippen LogP) is 1.88. The molecule has 2 heterocycles. The smallest absolute Gasteiger partial charge is 0.240 e. The Morgan fingerprint density at radius 1 is 1.61 bits per heavy atom. The molecule has 0 saturated carbocycles. The van der Waals surface area contributed by atoms with Gasteiger partial charge in [0.25, 0.3) is 0 Å². The van der Waals surface area contributed by atoms with Crippen LogP contribution < -0.4 is 5.32 Å². The number of hydrogen-bond acceptors (Lipinski definition) is 4. The first-order valence-electron chi connectivity index (χ1n) is 6.36. The number of carbonyl (C=O) groups is 1. The van der Waals surface area contributed by atoms with Gasteiger partial charge in [0, 0.05) is 18.1 Å². The Morgan fingerprint density at radius 3 is 3.00 bits per heavy atom. The van der Waals surface area contributed by atoms with Crippen molar-refractivity contribution in [2.75, 3.05) is 13.6 Å². The highest BCUT2D eigenvalue weighted by Gasteiger charge is 2.34. The van der Waals surface area contributed by atoms with E-state index >= 15 is 0 Å². The van der Waals surface area contributed by atoms with Gasteiger partial charge in [-0.05, 0) is 25.3 Å². The molecule has 1 amide bonds. The molecule has 0 radical (unpaired) electrons. The summed E-state index contributed by atoms with van der Waals surface area (Å²) in [5, 5.41) is 6.12. The average Bonchev–Trinajstić information content (AvgIpc) is 2.79. The van der Waals surface area contributed by atoms with Gasteiger partial charge in [-0.15, -0.1) is 11.3 Å². The van der Waals surface area contributed by atoms with Gasteiger partial charge in [-0.25, -0.2) is 4.98 Å². The lowest BCUT2D eigenvalue weighted by atomic mass is 9.83. The van der Waals surface area contributed by atoms with Crippen molar-refractivity contribution in [2.24, 2.45) is 5.41 Å². The van der Waals surface area contributed by atoms with Crippen molar-refractivity contribution in [3.05, 3.63) is 16.6 Å². The van der Waals surface area contributed by atoms with Crippen molar-refractivity contribution in [3.8, 4) is 0 Å². The van der Waals surface area contributed by atoms with Crippen molar-refractivity contribution in [1.29, 1.82) is 0 Å². The van der Waals surface area contributed by atoms with Crippen LogP contribution in [0.3, 0.4) is 0 Å². The second-order valence-electron chi connectivity index (χ2n) is 5.65. The van der Waals surface area contributed by atoms with Crippen LogP contribution in [0.2, 0.25) is 0 Å². The van der Waals surface area contributed by atoms with Crippen LogP contribution in [0.1, 0.15) is 31.7 Å². The van der Waals surface area contributed by atoms with E-state index in [1.54, 1.807) is 17.5 Å². The molecular formula is C13H21N3OS. The summed E-state index contributed by atoms with van der Waals surface area (Å²) >= 11 is 1.61. The van der Waals surface area contributed by atoms with Crippen molar-refractivity contribution in [2.45, 2.75) is 39.3 Å². The van der Waals surface area contributed by atoms with E-state index in [9.17, 15) is 4.79 Å². The fourth-order valence-corrected chi connectivity index (χ4v) is 3.02. The van der Waals surface area contributed by atoms with Crippen molar-refractivity contribution in [1.82, 2.24) is 15.2 Å². The zero-order chi connectivity index (χ0) is 13.2. The maximum atomic E-state index is 12.4. The summed E-state index contributed by atoms with van der Waals surface area (Å²) in [6, 6.07) is -0.0672. The minimum absolute atomic E-state index is 0.0672. The normalized spacial score (nSPS) is 24.1. The van der Waals surface area contributed by atoms with E-state index in [0.717, 1.165) is 24.4 Å². The van der Waals surface area contributed by atoms with Crippen LogP contribution in [0.15, 0.2) is 11.6 Å². The largest absolute Gasteiger partial charge is 0.335 e. The van der Waals surface area contributed by atoms with Gasteiger partial charge in [-0.2, -0.15) is 0 Å². The van der Waals surface area contributed by atoms with E-state index < -0.39 is 0 Å². The molecule has 2 rings (SSSR count). The summed E-state index contributed by atoms with van der Waals surface area (Å²) in [4.78, 5) is 18.6. The highest BCUT2D eigenvalue weighted by Crippen LogP contribution is 2.31. The maximum absolute atomic E-state index is 12.4. The van der Waals surface area contributed by atoms with Crippen LogP contribution in [0.4, 0.5) is 0 Å². The maximum Gasteiger partial charge on any atom is 0.240 e. The Hall–Kier alpha value is -0.940. The number of amides is 1. The van der Waals surface area contributed by atoms with Crippen molar-refractivity contribution in [3.63, 3.8) is 0 Å². The third kappa shape index (κ3) is 3.09. The molecule has 1 saturated heterocycles. The Balaban J connectivity index is 2.12. The molecular weight excluding hydrogens is 246 g/mol. The first-order valence-corrected chi connectivity index (χ1v) is 7.24. The van der Waals surface area contributed by atoms with E-state index in [1.165, 1.54) is 0 Å². The molecule has 4 nitrogen and oxygen atoms in total. The first-order chi connectivity index (χ1) is 8.52. The number of rotatable bonds is 3. The number of carbonyl (C=O) groups excluding carboxylic acids is 1. The van der Waals surface area contributed by atoms with Crippen LogP contribution in [-0.2, 0) is 11.3 Å². The van der Waals surface area contributed by atoms with Crippen LogP contribution in [-0.4, -0.2) is 35.4 Å². The monoisotopic (exact) mass is 267 g/mol. The summed E-state index contributed by atoms with van der Waals surface area (Å²) < 4.78 is 0. The van der Waals surface area contributed by atoms with Crippen LogP contribution in [0.25, 0.3) is 0 Å². The van der Waals surface area contributed by atoms with Gasteiger partial charge in [-0.1, -0.05) is 13.8 Å². The molecule has 0 spiro atoms. The summed E-state index contributed by atoms with van der Waals surface area (Å²) in [6.45, 7) is 5.93. The molecule has 1 aromatic rings. The van der Waals surface area contributed by atoms with E-state index in [0.29, 0.717) is 6.54 Å². The summed E-state index contributed by atoms with van der Waals surface area (Å²) in [6.07, 6.45) is 3.74. The molecule has 1 aliphatic heterocycles. The van der Waals surface area contributed by atoms with Crippen LogP contribution >= 0.6 is 11.3 Å². The lowest BCUT2D eigenvalue weighted by Crippen LogP contribution is -2.44. The second kappa shape index (κ2) is 5.36. The van der Waals surface area contributed by atoms with E-state index in [1.807, 2.05) is 17.3 Å². The molecule has 1 aliphatic rings. The van der Waals surface area contributed by atoms with Crippen LogP contribution in [0, 0.1) is 5.41 Å². The minimum Gasteiger partial charge on any atom is -0.335 e. The average molecular weight is 267 g/mol. The Bertz CT molecular complexity index is 402. The van der Waals surface area contributed by atoms with Gasteiger partial charge in [0.05, 0.1) is 12.6 Å².